The van der Waals surface area contributed by atoms with Crippen LogP contribution in [0.1, 0.15) is 18.4 Å². The second-order valence-electron chi connectivity index (χ2n) is 3.37. The average Bonchev–Trinajstić information content (AvgIpc) is 2.20. The number of alkyl halides is 1. The molecule has 0 amide bonds. The van der Waals surface area contributed by atoms with Crippen molar-refractivity contribution >= 4 is 0 Å². The Morgan fingerprint density at radius 3 is 2.77 bits per heavy atom. The van der Waals surface area contributed by atoms with Gasteiger partial charge in [0.1, 0.15) is 6.33 Å². The van der Waals surface area contributed by atoms with E-state index >= 15 is 0 Å². The van der Waals surface area contributed by atoms with Crippen LogP contribution in [-0.4, -0.2) is 23.1 Å². The van der Waals surface area contributed by atoms with Gasteiger partial charge in [0, 0.05) is 24.5 Å². The van der Waals surface area contributed by atoms with Gasteiger partial charge in [-0.2, -0.15) is 0 Å². The third-order valence-corrected chi connectivity index (χ3v) is 2.41. The summed E-state index contributed by atoms with van der Waals surface area (Å²) in [5.41, 5.74) is -0.679. The molecule has 1 unspecified atom stereocenters. The van der Waals surface area contributed by atoms with Crippen molar-refractivity contribution < 1.29 is 4.39 Å². The molecule has 0 radical (unpaired) electrons. The zero-order chi connectivity index (χ0) is 9.15. The number of rotatable bonds is 1. The van der Waals surface area contributed by atoms with Gasteiger partial charge in [-0.05, 0) is 19.4 Å². The molecule has 2 rings (SSSR count). The summed E-state index contributed by atoms with van der Waals surface area (Å²) >= 11 is 0. The number of nitrogens with one attached hydrogen (secondary N) is 1. The Morgan fingerprint density at radius 1 is 1.38 bits per heavy atom. The van der Waals surface area contributed by atoms with Crippen molar-refractivity contribution in [3.05, 3.63) is 24.3 Å². The van der Waals surface area contributed by atoms with Crippen LogP contribution < -0.4 is 5.32 Å². The smallest absolute Gasteiger partial charge is 0.151 e. The first-order valence-electron chi connectivity index (χ1n) is 4.46. The van der Waals surface area contributed by atoms with E-state index in [1.807, 2.05) is 0 Å². The van der Waals surface area contributed by atoms with Crippen molar-refractivity contribution in [2.45, 2.75) is 18.5 Å². The van der Waals surface area contributed by atoms with Gasteiger partial charge < -0.3 is 5.32 Å². The minimum absolute atomic E-state index is 0.375. The van der Waals surface area contributed by atoms with Crippen LogP contribution in [0.25, 0.3) is 0 Å². The molecule has 1 aliphatic heterocycles. The Hall–Kier alpha value is -1.03. The van der Waals surface area contributed by atoms with Gasteiger partial charge >= 0.3 is 0 Å². The summed E-state index contributed by atoms with van der Waals surface area (Å²) in [5, 5.41) is 3.04. The summed E-state index contributed by atoms with van der Waals surface area (Å²) in [7, 11) is 0. The Balaban J connectivity index is 2.23. The fourth-order valence-corrected chi connectivity index (χ4v) is 1.65. The maximum atomic E-state index is 14.2. The molecule has 4 heteroatoms. The minimum atomic E-state index is -1.26. The van der Waals surface area contributed by atoms with E-state index in [4.69, 9.17) is 0 Å². The lowest BCUT2D eigenvalue weighted by atomic mass is 9.90. The molecule has 1 aliphatic rings. The van der Waals surface area contributed by atoms with Crippen LogP contribution in [0.5, 0.6) is 0 Å². The molecule has 0 aliphatic carbocycles. The van der Waals surface area contributed by atoms with Crippen LogP contribution in [0.15, 0.2) is 18.7 Å². The molecule has 13 heavy (non-hydrogen) atoms. The fraction of sp³-hybridized carbons (Fsp3) is 0.556. The number of halogens is 1. The van der Waals surface area contributed by atoms with Crippen LogP contribution >= 0.6 is 0 Å². The van der Waals surface area contributed by atoms with Gasteiger partial charge in [-0.3, -0.25) is 0 Å². The van der Waals surface area contributed by atoms with E-state index in [9.17, 15) is 4.39 Å². The SMILES string of the molecule is FC1(c2cncnc2)CCCNC1. The number of nitrogens with zero attached hydrogens (tertiary/aromatic N) is 2. The molecular formula is C9H12FN3. The first kappa shape index (κ1) is 8.56. The van der Waals surface area contributed by atoms with E-state index in [1.54, 1.807) is 12.4 Å². The second-order valence-corrected chi connectivity index (χ2v) is 3.37. The van der Waals surface area contributed by atoms with Crippen molar-refractivity contribution in [1.29, 1.82) is 0 Å². The molecule has 1 aromatic rings. The van der Waals surface area contributed by atoms with E-state index in [2.05, 4.69) is 15.3 Å². The first-order valence-corrected chi connectivity index (χ1v) is 4.46. The largest absolute Gasteiger partial charge is 0.313 e. The van der Waals surface area contributed by atoms with Gasteiger partial charge in [0.05, 0.1) is 0 Å². The lowest BCUT2D eigenvalue weighted by Crippen LogP contribution is -2.40. The van der Waals surface area contributed by atoms with Crippen molar-refractivity contribution in [2.24, 2.45) is 0 Å². The van der Waals surface area contributed by atoms with Gasteiger partial charge in [0.2, 0.25) is 0 Å². The van der Waals surface area contributed by atoms with Crippen molar-refractivity contribution in [3.63, 3.8) is 0 Å². The molecule has 0 bridgehead atoms. The van der Waals surface area contributed by atoms with E-state index in [1.165, 1.54) is 6.33 Å². The van der Waals surface area contributed by atoms with Gasteiger partial charge in [-0.1, -0.05) is 0 Å². The average molecular weight is 181 g/mol. The summed E-state index contributed by atoms with van der Waals surface area (Å²) in [4.78, 5) is 7.65. The number of hydrogen-bond donors (Lipinski definition) is 1. The molecule has 2 heterocycles. The Bertz CT molecular complexity index is 269. The highest BCUT2D eigenvalue weighted by Crippen LogP contribution is 2.31. The third kappa shape index (κ3) is 1.67. The summed E-state index contributed by atoms with van der Waals surface area (Å²) < 4.78 is 14.2. The quantitative estimate of drug-likeness (QED) is 0.703. The molecular weight excluding hydrogens is 169 g/mol. The summed E-state index contributed by atoms with van der Waals surface area (Å²) in [6.07, 6.45) is 5.96. The Labute approximate surface area is 76.4 Å². The standard InChI is InChI=1S/C9H12FN3/c10-9(2-1-3-11-6-9)8-4-12-7-13-5-8/h4-5,7,11H,1-3,6H2. The number of piperidine rings is 1. The molecule has 1 saturated heterocycles. The van der Waals surface area contributed by atoms with E-state index in [0.29, 0.717) is 18.5 Å². The van der Waals surface area contributed by atoms with E-state index in [0.717, 1.165) is 13.0 Å². The molecule has 0 spiro atoms. The molecule has 1 fully saturated rings. The number of hydrogen-bond acceptors (Lipinski definition) is 3. The molecule has 1 N–H and O–H groups in total. The van der Waals surface area contributed by atoms with Gasteiger partial charge in [0.25, 0.3) is 0 Å². The van der Waals surface area contributed by atoms with Crippen LogP contribution in [-0.2, 0) is 5.67 Å². The molecule has 1 atom stereocenters. The van der Waals surface area contributed by atoms with Crippen LogP contribution in [0.2, 0.25) is 0 Å². The minimum Gasteiger partial charge on any atom is -0.313 e. The monoisotopic (exact) mass is 181 g/mol. The van der Waals surface area contributed by atoms with Crippen molar-refractivity contribution in [2.75, 3.05) is 13.1 Å². The summed E-state index contributed by atoms with van der Waals surface area (Å²) in [6, 6.07) is 0. The van der Waals surface area contributed by atoms with Gasteiger partial charge in [0.15, 0.2) is 5.67 Å². The highest BCUT2D eigenvalue weighted by Gasteiger charge is 2.33. The Kier molecular flexibility index (Phi) is 2.22. The molecule has 3 nitrogen and oxygen atoms in total. The summed E-state index contributed by atoms with van der Waals surface area (Å²) in [5.74, 6) is 0. The predicted octanol–water partition coefficient (Wildman–Crippen LogP) is 1.02. The zero-order valence-electron chi connectivity index (χ0n) is 7.33. The maximum absolute atomic E-state index is 14.2. The molecule has 1 aromatic heterocycles. The number of aromatic nitrogens is 2. The highest BCUT2D eigenvalue weighted by molar-refractivity contribution is 5.16. The molecule has 0 saturated carbocycles. The highest BCUT2D eigenvalue weighted by atomic mass is 19.1. The first-order chi connectivity index (χ1) is 6.31. The van der Waals surface area contributed by atoms with Crippen molar-refractivity contribution in [1.82, 2.24) is 15.3 Å². The van der Waals surface area contributed by atoms with Crippen LogP contribution in [0, 0.1) is 0 Å². The van der Waals surface area contributed by atoms with Crippen LogP contribution in [0.4, 0.5) is 4.39 Å². The van der Waals surface area contributed by atoms with E-state index in [-0.39, 0.29) is 0 Å². The second kappa shape index (κ2) is 3.38. The maximum Gasteiger partial charge on any atom is 0.151 e. The predicted molar refractivity (Wildman–Crippen MR) is 46.9 cm³/mol. The van der Waals surface area contributed by atoms with Gasteiger partial charge in [-0.25, -0.2) is 14.4 Å². The molecule has 0 aromatic carbocycles. The van der Waals surface area contributed by atoms with Crippen LogP contribution in [0.3, 0.4) is 0 Å². The zero-order valence-corrected chi connectivity index (χ0v) is 7.33. The fourth-order valence-electron chi connectivity index (χ4n) is 1.65. The lowest BCUT2D eigenvalue weighted by Gasteiger charge is -2.29. The third-order valence-electron chi connectivity index (χ3n) is 2.41. The summed E-state index contributed by atoms with van der Waals surface area (Å²) in [6.45, 7) is 1.28. The topological polar surface area (TPSA) is 37.8 Å². The van der Waals surface area contributed by atoms with E-state index < -0.39 is 5.67 Å². The molecule has 70 valence electrons. The van der Waals surface area contributed by atoms with Crippen molar-refractivity contribution in [3.8, 4) is 0 Å². The normalized spacial score (nSPS) is 28.7. The lowest BCUT2D eigenvalue weighted by molar-refractivity contribution is 0.121. The Morgan fingerprint density at radius 2 is 2.15 bits per heavy atom. The van der Waals surface area contributed by atoms with Gasteiger partial charge in [-0.15, -0.1) is 0 Å².